The van der Waals surface area contributed by atoms with Gasteiger partial charge in [0.15, 0.2) is 5.75 Å². The lowest BCUT2D eigenvalue weighted by atomic mass is 10.0. The second-order valence-corrected chi connectivity index (χ2v) is 7.15. The number of rotatable bonds is 5. The predicted molar refractivity (Wildman–Crippen MR) is 111 cm³/mol. The highest BCUT2D eigenvalue weighted by molar-refractivity contribution is 6.03. The van der Waals surface area contributed by atoms with E-state index in [1.54, 1.807) is 43.0 Å². The molecule has 8 nitrogen and oxygen atoms in total. The molecule has 1 aliphatic rings. The van der Waals surface area contributed by atoms with Crippen LogP contribution in [0, 0.1) is 0 Å². The molecule has 1 aliphatic heterocycles. The maximum atomic E-state index is 12.6. The highest BCUT2D eigenvalue weighted by Crippen LogP contribution is 2.29. The van der Waals surface area contributed by atoms with E-state index in [4.69, 9.17) is 9.47 Å². The molecule has 1 saturated heterocycles. The Morgan fingerprint density at radius 3 is 2.59 bits per heavy atom. The molecule has 8 heteroatoms. The molecule has 4 rings (SSSR count). The van der Waals surface area contributed by atoms with Gasteiger partial charge in [0.25, 0.3) is 5.91 Å². The zero-order valence-electron chi connectivity index (χ0n) is 16.9. The Labute approximate surface area is 169 Å². The van der Waals surface area contributed by atoms with Crippen LogP contribution in [0.3, 0.4) is 0 Å². The van der Waals surface area contributed by atoms with E-state index in [2.05, 4.69) is 27.2 Å². The van der Waals surface area contributed by atoms with Crippen LogP contribution < -0.4 is 19.7 Å². The summed E-state index contributed by atoms with van der Waals surface area (Å²) in [6.07, 6.45) is 3.52. The monoisotopic (exact) mass is 395 g/mol. The molecule has 1 unspecified atom stereocenters. The number of anilines is 2. The number of amides is 1. The summed E-state index contributed by atoms with van der Waals surface area (Å²) in [4.78, 5) is 19.4. The summed E-state index contributed by atoms with van der Waals surface area (Å²) in [6, 6.07) is 11.2. The molecule has 0 bridgehead atoms. The number of fused-ring (bicyclic) bond motifs is 1. The van der Waals surface area contributed by atoms with Crippen LogP contribution in [0.25, 0.3) is 5.65 Å². The quantitative estimate of drug-likeness (QED) is 0.713. The zero-order chi connectivity index (χ0) is 20.4. The fourth-order valence-corrected chi connectivity index (χ4v) is 3.71. The Balaban J connectivity index is 1.66. The van der Waals surface area contributed by atoms with E-state index in [1.165, 1.54) is 6.42 Å². The number of ether oxygens (including phenoxy) is 2. The van der Waals surface area contributed by atoms with E-state index >= 15 is 0 Å². The van der Waals surface area contributed by atoms with Crippen LogP contribution >= 0.6 is 0 Å². The molecule has 0 radical (unpaired) electrons. The highest BCUT2D eigenvalue weighted by Gasteiger charge is 2.23. The number of aromatic nitrogens is 3. The van der Waals surface area contributed by atoms with Crippen LogP contribution in [0.4, 0.5) is 11.8 Å². The third-order valence-corrected chi connectivity index (χ3v) is 5.32. The highest BCUT2D eigenvalue weighted by atomic mass is 16.5. The van der Waals surface area contributed by atoms with E-state index in [0.717, 1.165) is 25.2 Å². The molecule has 1 atom stereocenters. The number of nitrogens with zero attached hydrogens (tertiary/aromatic N) is 4. The number of hydrogen-bond acceptors (Lipinski definition) is 6. The number of methoxy groups -OCH3 is 2. The lowest BCUT2D eigenvalue weighted by Crippen LogP contribution is -2.38. The summed E-state index contributed by atoms with van der Waals surface area (Å²) in [7, 11) is 3.19. The first-order valence-corrected chi connectivity index (χ1v) is 9.76. The number of hydrogen-bond donors (Lipinski definition) is 1. The molecule has 1 aromatic carbocycles. The van der Waals surface area contributed by atoms with Crippen molar-refractivity contribution in [1.29, 1.82) is 0 Å². The van der Waals surface area contributed by atoms with Gasteiger partial charge in [0.05, 0.1) is 14.2 Å². The van der Waals surface area contributed by atoms with Crippen molar-refractivity contribution in [2.45, 2.75) is 32.2 Å². The average Bonchev–Trinajstić information content (AvgIpc) is 3.17. The summed E-state index contributed by atoms with van der Waals surface area (Å²) in [6.45, 7) is 3.19. The largest absolute Gasteiger partial charge is 0.497 e. The summed E-state index contributed by atoms with van der Waals surface area (Å²) >= 11 is 0. The van der Waals surface area contributed by atoms with E-state index in [-0.39, 0.29) is 11.9 Å². The van der Waals surface area contributed by atoms with Crippen molar-refractivity contribution in [3.05, 3.63) is 42.0 Å². The summed E-state index contributed by atoms with van der Waals surface area (Å²) < 4.78 is 12.3. The van der Waals surface area contributed by atoms with Crippen LogP contribution in [0.1, 0.15) is 36.5 Å². The molecular formula is C21H25N5O3. The average molecular weight is 395 g/mol. The lowest BCUT2D eigenvalue weighted by Gasteiger charge is -2.35. The number of piperidine rings is 1. The number of carbonyl (C=O) groups is 1. The van der Waals surface area contributed by atoms with E-state index in [9.17, 15) is 4.79 Å². The molecule has 1 amide bonds. The molecular weight excluding hydrogens is 370 g/mol. The Morgan fingerprint density at radius 2 is 1.90 bits per heavy atom. The third-order valence-electron chi connectivity index (χ3n) is 5.32. The van der Waals surface area contributed by atoms with Crippen LogP contribution in [-0.4, -0.2) is 47.3 Å². The second-order valence-electron chi connectivity index (χ2n) is 7.15. The van der Waals surface area contributed by atoms with Gasteiger partial charge < -0.3 is 14.4 Å². The van der Waals surface area contributed by atoms with Crippen molar-refractivity contribution in [3.8, 4) is 11.5 Å². The topological polar surface area (TPSA) is 81.0 Å². The van der Waals surface area contributed by atoms with E-state index < -0.39 is 0 Å². The molecule has 0 spiro atoms. The first-order valence-electron chi connectivity index (χ1n) is 9.76. The van der Waals surface area contributed by atoms with Crippen molar-refractivity contribution in [1.82, 2.24) is 14.6 Å². The normalized spacial score (nSPS) is 16.7. The number of nitrogens with one attached hydrogen (secondary N) is 1. The van der Waals surface area contributed by atoms with Gasteiger partial charge in [0.1, 0.15) is 11.6 Å². The number of benzene rings is 1. The van der Waals surface area contributed by atoms with Crippen LogP contribution in [0.2, 0.25) is 0 Å². The third kappa shape index (κ3) is 3.70. The Kier molecular flexibility index (Phi) is 5.24. The summed E-state index contributed by atoms with van der Waals surface area (Å²) in [5, 5.41) is 7.34. The Bertz CT molecular complexity index is 1020. The van der Waals surface area contributed by atoms with Gasteiger partial charge in [-0.25, -0.2) is 0 Å². The maximum Gasteiger partial charge on any atom is 0.258 e. The molecule has 1 fully saturated rings. The van der Waals surface area contributed by atoms with Crippen molar-refractivity contribution in [3.63, 3.8) is 0 Å². The first-order chi connectivity index (χ1) is 14.1. The maximum absolute atomic E-state index is 12.6. The second kappa shape index (κ2) is 7.98. The van der Waals surface area contributed by atoms with Gasteiger partial charge >= 0.3 is 0 Å². The number of pyridine rings is 1. The van der Waals surface area contributed by atoms with Crippen molar-refractivity contribution < 1.29 is 14.3 Å². The predicted octanol–water partition coefficient (Wildman–Crippen LogP) is 3.38. The van der Waals surface area contributed by atoms with Crippen LogP contribution in [0.5, 0.6) is 11.5 Å². The Hall–Kier alpha value is -3.29. The minimum absolute atomic E-state index is 0.237. The molecule has 3 heterocycles. The van der Waals surface area contributed by atoms with Gasteiger partial charge in [-0.3, -0.25) is 10.1 Å². The van der Waals surface area contributed by atoms with Crippen LogP contribution in [-0.2, 0) is 0 Å². The molecule has 29 heavy (non-hydrogen) atoms. The molecule has 1 N–H and O–H groups in total. The van der Waals surface area contributed by atoms with Crippen molar-refractivity contribution in [2.24, 2.45) is 0 Å². The summed E-state index contributed by atoms with van der Waals surface area (Å²) in [5.41, 5.74) is 1.08. The smallest absolute Gasteiger partial charge is 0.258 e. The Morgan fingerprint density at radius 1 is 1.10 bits per heavy atom. The fourth-order valence-electron chi connectivity index (χ4n) is 3.71. The van der Waals surface area contributed by atoms with Gasteiger partial charge in [-0.1, -0.05) is 0 Å². The van der Waals surface area contributed by atoms with Gasteiger partial charge in [-0.15, -0.1) is 5.10 Å². The SMILES string of the molecule is COc1ccc(C(=O)Nc2nc3c(OC)ccc(N4CCCCC4C)n3n2)cc1. The van der Waals surface area contributed by atoms with Gasteiger partial charge in [0, 0.05) is 18.2 Å². The minimum Gasteiger partial charge on any atom is -0.497 e. The van der Waals surface area contributed by atoms with Crippen molar-refractivity contribution in [2.75, 3.05) is 31.0 Å². The van der Waals surface area contributed by atoms with Crippen LogP contribution in [0.15, 0.2) is 36.4 Å². The van der Waals surface area contributed by atoms with Gasteiger partial charge in [0.2, 0.25) is 11.6 Å². The van der Waals surface area contributed by atoms with E-state index in [0.29, 0.717) is 28.8 Å². The standard InChI is InChI=1S/C21H25N5O3/c1-14-6-4-5-13-25(14)18-12-11-17(29-3)19-22-21(24-26(18)19)23-20(27)15-7-9-16(28-2)10-8-15/h7-12,14H,4-6,13H2,1-3H3,(H,23,24,27). The summed E-state index contributed by atoms with van der Waals surface area (Å²) in [5.74, 6) is 2.20. The van der Waals surface area contributed by atoms with Crippen molar-refractivity contribution >= 4 is 23.3 Å². The minimum atomic E-state index is -0.282. The van der Waals surface area contributed by atoms with Gasteiger partial charge in [-0.2, -0.15) is 9.50 Å². The lowest BCUT2D eigenvalue weighted by molar-refractivity contribution is 0.102. The van der Waals surface area contributed by atoms with E-state index in [1.807, 2.05) is 12.1 Å². The first kappa shape index (κ1) is 19.0. The molecule has 3 aromatic rings. The number of carbonyl (C=O) groups excluding carboxylic acids is 1. The fraction of sp³-hybridized carbons (Fsp3) is 0.381. The molecule has 152 valence electrons. The zero-order valence-corrected chi connectivity index (χ0v) is 16.9. The molecule has 0 aliphatic carbocycles. The molecule has 2 aromatic heterocycles. The molecule has 0 saturated carbocycles. The van der Waals surface area contributed by atoms with Gasteiger partial charge in [-0.05, 0) is 62.6 Å².